The van der Waals surface area contributed by atoms with Gasteiger partial charge in [-0.1, -0.05) is 221 Å². The molecule has 0 aromatic heterocycles. The molecule has 2 atom stereocenters. The lowest BCUT2D eigenvalue weighted by molar-refractivity contribution is -0.167. The highest BCUT2D eigenvalue weighted by atomic mass is 16.6. The van der Waals surface area contributed by atoms with Gasteiger partial charge < -0.3 is 14.2 Å². The average molecular weight is 779 g/mol. The van der Waals surface area contributed by atoms with E-state index >= 15 is 0 Å². The highest BCUT2D eigenvalue weighted by molar-refractivity contribution is 5.71. The fourth-order valence-electron chi connectivity index (χ4n) is 7.20. The number of rotatable bonds is 42. The predicted molar refractivity (Wildman–Crippen MR) is 233 cm³/mol. The van der Waals surface area contributed by atoms with E-state index in [2.05, 4.69) is 41.5 Å². The van der Waals surface area contributed by atoms with E-state index in [0.29, 0.717) is 19.3 Å². The number of ether oxygens (including phenoxy) is 3. The van der Waals surface area contributed by atoms with Crippen molar-refractivity contribution in [3.63, 3.8) is 0 Å². The summed E-state index contributed by atoms with van der Waals surface area (Å²) >= 11 is 0. The molecule has 0 aliphatic carbocycles. The Morgan fingerprint density at radius 1 is 0.364 bits per heavy atom. The molecule has 0 spiro atoms. The second-order valence-corrected chi connectivity index (χ2v) is 17.9. The van der Waals surface area contributed by atoms with Gasteiger partial charge in [0.15, 0.2) is 6.10 Å². The molecule has 0 fully saturated rings. The van der Waals surface area contributed by atoms with Gasteiger partial charge in [0.1, 0.15) is 13.2 Å². The Hall–Kier alpha value is -1.59. The van der Waals surface area contributed by atoms with E-state index in [1.54, 1.807) is 0 Å². The molecular weight excluding hydrogens is 685 g/mol. The fraction of sp³-hybridized carbons (Fsp3) is 0.939. The largest absolute Gasteiger partial charge is 0.462 e. The number of unbranched alkanes of at least 4 members (excludes halogenated alkanes) is 24. The maximum Gasteiger partial charge on any atom is 0.306 e. The summed E-state index contributed by atoms with van der Waals surface area (Å²) in [4.78, 5) is 37.8. The van der Waals surface area contributed by atoms with Crippen molar-refractivity contribution in [1.29, 1.82) is 0 Å². The summed E-state index contributed by atoms with van der Waals surface area (Å²) in [6, 6.07) is 0. The Kier molecular flexibility index (Phi) is 39.4. The first-order valence-electron chi connectivity index (χ1n) is 24.1. The van der Waals surface area contributed by atoms with E-state index in [4.69, 9.17) is 14.2 Å². The van der Waals surface area contributed by atoms with Gasteiger partial charge in [-0.3, -0.25) is 14.4 Å². The molecule has 0 aromatic carbocycles. The van der Waals surface area contributed by atoms with Gasteiger partial charge in [0, 0.05) is 19.3 Å². The maximum atomic E-state index is 12.7. The zero-order chi connectivity index (χ0) is 40.6. The third-order valence-corrected chi connectivity index (χ3v) is 11.3. The molecule has 0 radical (unpaired) electrons. The van der Waals surface area contributed by atoms with Crippen LogP contribution in [0.15, 0.2) is 0 Å². The minimum atomic E-state index is -0.762. The number of carbonyl (C=O) groups excluding carboxylic acids is 3. The molecule has 6 heteroatoms. The van der Waals surface area contributed by atoms with Gasteiger partial charge in [-0.05, 0) is 37.0 Å². The van der Waals surface area contributed by atoms with Gasteiger partial charge in [0.05, 0.1) is 0 Å². The van der Waals surface area contributed by atoms with Crippen LogP contribution in [0.25, 0.3) is 0 Å². The second-order valence-electron chi connectivity index (χ2n) is 17.9. The Labute approximate surface area is 342 Å². The average Bonchev–Trinajstić information content (AvgIpc) is 3.15. The summed E-state index contributed by atoms with van der Waals surface area (Å²) in [5, 5.41) is 0. The van der Waals surface area contributed by atoms with Crippen molar-refractivity contribution in [2.75, 3.05) is 13.2 Å². The lowest BCUT2D eigenvalue weighted by Crippen LogP contribution is -2.30. The van der Waals surface area contributed by atoms with Crippen LogP contribution in [0.3, 0.4) is 0 Å². The quantitative estimate of drug-likeness (QED) is 0.0349. The van der Waals surface area contributed by atoms with Crippen molar-refractivity contribution in [2.45, 2.75) is 266 Å². The summed E-state index contributed by atoms with van der Waals surface area (Å²) in [6.07, 6.45) is 38.1. The summed E-state index contributed by atoms with van der Waals surface area (Å²) in [5.74, 6) is 1.59. The van der Waals surface area contributed by atoms with E-state index < -0.39 is 6.10 Å². The van der Waals surface area contributed by atoms with Crippen LogP contribution >= 0.6 is 0 Å². The minimum absolute atomic E-state index is 0.0664. The Morgan fingerprint density at radius 3 is 0.945 bits per heavy atom. The Morgan fingerprint density at radius 2 is 0.636 bits per heavy atom. The van der Waals surface area contributed by atoms with E-state index in [9.17, 15) is 14.4 Å². The molecule has 0 aromatic rings. The van der Waals surface area contributed by atoms with Gasteiger partial charge in [-0.15, -0.1) is 0 Å². The molecule has 0 heterocycles. The van der Waals surface area contributed by atoms with Gasteiger partial charge in [-0.2, -0.15) is 0 Å². The summed E-state index contributed by atoms with van der Waals surface area (Å²) in [7, 11) is 0. The molecule has 1 unspecified atom stereocenters. The van der Waals surface area contributed by atoms with Gasteiger partial charge in [0.25, 0.3) is 0 Å². The predicted octanol–water partition coefficient (Wildman–Crippen LogP) is 15.2. The second kappa shape index (κ2) is 40.6. The lowest BCUT2D eigenvalue weighted by Gasteiger charge is -2.18. The third-order valence-electron chi connectivity index (χ3n) is 11.3. The summed E-state index contributed by atoms with van der Waals surface area (Å²) < 4.78 is 16.7. The molecule has 0 bridgehead atoms. The molecule has 0 aliphatic heterocycles. The van der Waals surface area contributed by atoms with Crippen LogP contribution in [0, 0.1) is 17.8 Å². The summed E-state index contributed by atoms with van der Waals surface area (Å²) in [6.45, 7) is 13.6. The number of hydrogen-bond donors (Lipinski definition) is 0. The first kappa shape index (κ1) is 53.4. The Bertz CT molecular complexity index is 854. The monoisotopic (exact) mass is 779 g/mol. The molecule has 0 aliphatic rings. The standard InChI is InChI=1S/C49H94O6/c1-7-45(6)37-31-25-18-14-11-12-16-20-27-33-39-48(51)54-42-46(55-49(52)40-34-28-22-21-24-30-36-44(4)5)41-53-47(50)38-32-26-19-15-10-8-9-13-17-23-29-35-43(2)3/h43-46H,7-42H2,1-6H3/t45?,46-/m0/s1. The van der Waals surface area contributed by atoms with Crippen LogP contribution in [0.5, 0.6) is 0 Å². The third kappa shape index (κ3) is 41.9. The molecule has 0 rings (SSSR count). The SMILES string of the molecule is CCC(C)CCCCCCCCCCCCC(=O)OC[C@H](COC(=O)CCCCCCCCCCCCCC(C)C)OC(=O)CCCCCCCCC(C)C. The molecular formula is C49H94O6. The van der Waals surface area contributed by atoms with Crippen molar-refractivity contribution in [1.82, 2.24) is 0 Å². The highest BCUT2D eigenvalue weighted by Crippen LogP contribution is 2.17. The molecule has 55 heavy (non-hydrogen) atoms. The van der Waals surface area contributed by atoms with Crippen LogP contribution in [0.4, 0.5) is 0 Å². The molecule has 0 saturated heterocycles. The van der Waals surface area contributed by atoms with E-state index in [1.165, 1.54) is 141 Å². The van der Waals surface area contributed by atoms with E-state index in [1.807, 2.05) is 0 Å². The zero-order valence-electron chi connectivity index (χ0n) is 37.7. The summed E-state index contributed by atoms with van der Waals surface area (Å²) in [5.41, 5.74) is 0. The number of carbonyl (C=O) groups is 3. The van der Waals surface area contributed by atoms with Gasteiger partial charge in [-0.25, -0.2) is 0 Å². The number of hydrogen-bond acceptors (Lipinski definition) is 6. The molecule has 0 amide bonds. The topological polar surface area (TPSA) is 78.9 Å². The molecule has 326 valence electrons. The van der Waals surface area contributed by atoms with Crippen molar-refractivity contribution >= 4 is 17.9 Å². The van der Waals surface area contributed by atoms with E-state index in [0.717, 1.165) is 75.5 Å². The van der Waals surface area contributed by atoms with Crippen LogP contribution < -0.4 is 0 Å². The zero-order valence-corrected chi connectivity index (χ0v) is 37.7. The maximum absolute atomic E-state index is 12.7. The van der Waals surface area contributed by atoms with Crippen LogP contribution in [-0.4, -0.2) is 37.2 Å². The normalized spacial score (nSPS) is 12.7. The Balaban J connectivity index is 4.29. The molecule has 0 N–H and O–H groups in total. The number of esters is 3. The van der Waals surface area contributed by atoms with Gasteiger partial charge in [0.2, 0.25) is 0 Å². The van der Waals surface area contributed by atoms with Gasteiger partial charge >= 0.3 is 17.9 Å². The lowest BCUT2D eigenvalue weighted by atomic mass is 9.99. The van der Waals surface area contributed by atoms with Crippen molar-refractivity contribution in [3.05, 3.63) is 0 Å². The van der Waals surface area contributed by atoms with Crippen molar-refractivity contribution in [2.24, 2.45) is 17.8 Å². The van der Waals surface area contributed by atoms with Crippen LogP contribution in [-0.2, 0) is 28.6 Å². The molecule has 6 nitrogen and oxygen atoms in total. The molecule has 0 saturated carbocycles. The smallest absolute Gasteiger partial charge is 0.306 e. The first-order chi connectivity index (χ1) is 26.6. The van der Waals surface area contributed by atoms with Crippen LogP contribution in [0.1, 0.15) is 260 Å². The van der Waals surface area contributed by atoms with E-state index in [-0.39, 0.29) is 31.1 Å². The van der Waals surface area contributed by atoms with Crippen molar-refractivity contribution < 1.29 is 28.6 Å². The first-order valence-corrected chi connectivity index (χ1v) is 24.1. The minimum Gasteiger partial charge on any atom is -0.462 e. The highest BCUT2D eigenvalue weighted by Gasteiger charge is 2.19. The van der Waals surface area contributed by atoms with Crippen molar-refractivity contribution in [3.8, 4) is 0 Å². The van der Waals surface area contributed by atoms with Crippen LogP contribution in [0.2, 0.25) is 0 Å². The fourth-order valence-corrected chi connectivity index (χ4v) is 7.20.